The number of aliphatic hydroxyl groups excluding tert-OH is 1. The van der Waals surface area contributed by atoms with E-state index in [1.807, 2.05) is 4.90 Å². The molecule has 21 heavy (non-hydrogen) atoms. The van der Waals surface area contributed by atoms with E-state index < -0.39 is 6.10 Å². The van der Waals surface area contributed by atoms with Crippen LogP contribution in [0.3, 0.4) is 0 Å². The molecule has 1 aliphatic rings. The lowest BCUT2D eigenvalue weighted by Crippen LogP contribution is -2.38. The molecule has 1 unspecified atom stereocenters. The summed E-state index contributed by atoms with van der Waals surface area (Å²) in [5.41, 5.74) is 6.47. The van der Waals surface area contributed by atoms with Gasteiger partial charge in [0.2, 0.25) is 0 Å². The fourth-order valence-corrected chi connectivity index (χ4v) is 3.44. The molecule has 0 aromatic carbocycles. The Kier molecular flexibility index (Phi) is 4.83. The lowest BCUT2D eigenvalue weighted by Gasteiger charge is -2.30. The van der Waals surface area contributed by atoms with Crippen molar-refractivity contribution in [1.29, 1.82) is 5.26 Å². The van der Waals surface area contributed by atoms with Crippen molar-refractivity contribution in [1.82, 2.24) is 5.32 Å². The molecule has 6 nitrogen and oxygen atoms in total. The number of aliphatic hydroxyl groups is 1. The van der Waals surface area contributed by atoms with Gasteiger partial charge in [0.25, 0.3) is 5.91 Å². The summed E-state index contributed by atoms with van der Waals surface area (Å²) in [5, 5.41) is 22.4. The van der Waals surface area contributed by atoms with Crippen molar-refractivity contribution >= 4 is 27.9 Å². The molecule has 1 aromatic heterocycles. The topological polar surface area (TPSA) is 102 Å². The second-order valence-electron chi connectivity index (χ2n) is 4.88. The third-order valence-corrected chi connectivity index (χ3v) is 4.60. The van der Waals surface area contributed by atoms with Crippen LogP contribution in [0.1, 0.15) is 28.1 Å². The van der Waals surface area contributed by atoms with Gasteiger partial charge < -0.3 is 21.1 Å². The van der Waals surface area contributed by atoms with Gasteiger partial charge in [0.15, 0.2) is 0 Å². The van der Waals surface area contributed by atoms with Crippen LogP contribution in [0.2, 0.25) is 0 Å². The van der Waals surface area contributed by atoms with Crippen LogP contribution in [0.5, 0.6) is 0 Å². The molecule has 2 heterocycles. The number of piperidine rings is 1. The quantitative estimate of drug-likeness (QED) is 0.722. The van der Waals surface area contributed by atoms with E-state index in [1.54, 1.807) is 6.08 Å². The van der Waals surface area contributed by atoms with Crippen LogP contribution in [0, 0.1) is 11.3 Å². The number of amides is 1. The summed E-state index contributed by atoms with van der Waals surface area (Å²) in [5.74, 6) is -0.308. The first kappa shape index (κ1) is 15.4. The van der Waals surface area contributed by atoms with Gasteiger partial charge in [0.05, 0.1) is 11.8 Å². The number of hydrogen-bond donors (Lipinski definition) is 3. The van der Waals surface area contributed by atoms with E-state index in [-0.39, 0.29) is 11.6 Å². The van der Waals surface area contributed by atoms with Gasteiger partial charge in [-0.25, -0.2) is 0 Å². The van der Waals surface area contributed by atoms with Crippen LogP contribution in [-0.4, -0.2) is 36.8 Å². The average Bonchev–Trinajstić information content (AvgIpc) is 2.81. The standard InChI is InChI=1S/C14H18N4O2S/c1-2-5-17-13(20)12-11(16)10(7-15)14(21-12)18-6-3-4-9(19)8-18/h2,9,19H,1,3-6,8,16H2,(H,17,20). The zero-order valence-electron chi connectivity index (χ0n) is 11.6. The van der Waals surface area contributed by atoms with Gasteiger partial charge >= 0.3 is 0 Å². The molecule has 0 radical (unpaired) electrons. The highest BCUT2D eigenvalue weighted by atomic mass is 32.1. The van der Waals surface area contributed by atoms with Crippen LogP contribution < -0.4 is 16.0 Å². The predicted octanol–water partition coefficient (Wildman–Crippen LogP) is 1.08. The van der Waals surface area contributed by atoms with Crippen molar-refractivity contribution in [3.05, 3.63) is 23.1 Å². The molecule has 1 atom stereocenters. The fraction of sp³-hybridized carbons (Fsp3) is 0.429. The zero-order chi connectivity index (χ0) is 15.4. The number of nitriles is 1. The molecule has 1 aliphatic heterocycles. The summed E-state index contributed by atoms with van der Waals surface area (Å²) in [6.07, 6.45) is 2.77. The van der Waals surface area contributed by atoms with E-state index in [9.17, 15) is 15.2 Å². The average molecular weight is 306 g/mol. The predicted molar refractivity (Wildman–Crippen MR) is 83.4 cm³/mol. The molecule has 0 aliphatic carbocycles. The summed E-state index contributed by atoms with van der Waals surface area (Å²) in [4.78, 5) is 14.3. The Balaban J connectivity index is 2.32. The molecule has 7 heteroatoms. The maximum atomic E-state index is 12.0. The molecule has 0 spiro atoms. The minimum Gasteiger partial charge on any atom is -0.396 e. The monoisotopic (exact) mass is 306 g/mol. The normalized spacial score (nSPS) is 18.1. The van der Waals surface area contributed by atoms with Crippen molar-refractivity contribution in [3.63, 3.8) is 0 Å². The number of hydrogen-bond acceptors (Lipinski definition) is 6. The molecule has 1 amide bonds. The number of anilines is 2. The first-order valence-electron chi connectivity index (χ1n) is 6.73. The van der Waals surface area contributed by atoms with Gasteiger partial charge in [-0.2, -0.15) is 5.26 Å². The van der Waals surface area contributed by atoms with Crippen LogP contribution in [0.4, 0.5) is 10.7 Å². The highest BCUT2D eigenvalue weighted by molar-refractivity contribution is 7.19. The lowest BCUT2D eigenvalue weighted by atomic mass is 10.1. The first-order chi connectivity index (χ1) is 10.1. The molecule has 1 fully saturated rings. The number of rotatable bonds is 4. The summed E-state index contributed by atoms with van der Waals surface area (Å²) >= 11 is 1.20. The molecule has 0 saturated carbocycles. The van der Waals surface area contributed by atoms with Crippen molar-refractivity contribution in [2.75, 3.05) is 30.3 Å². The van der Waals surface area contributed by atoms with Gasteiger partial charge in [-0.05, 0) is 12.8 Å². The number of carbonyl (C=O) groups excluding carboxylic acids is 1. The number of β-amino-alcohol motifs (C(OH)–C–C–N with tert-alkyl or cyclic N) is 1. The second kappa shape index (κ2) is 6.61. The molecule has 0 bridgehead atoms. The maximum Gasteiger partial charge on any atom is 0.263 e. The number of nitrogen functional groups attached to an aromatic ring is 1. The third-order valence-electron chi connectivity index (χ3n) is 3.34. The largest absolute Gasteiger partial charge is 0.396 e. The number of carbonyl (C=O) groups is 1. The number of nitrogens with two attached hydrogens (primary N) is 1. The summed E-state index contributed by atoms with van der Waals surface area (Å²) in [6, 6.07) is 2.07. The first-order valence-corrected chi connectivity index (χ1v) is 7.54. The summed E-state index contributed by atoms with van der Waals surface area (Å²) in [7, 11) is 0. The fourth-order valence-electron chi connectivity index (χ4n) is 2.32. The van der Waals surface area contributed by atoms with Crippen LogP contribution in [-0.2, 0) is 0 Å². The highest BCUT2D eigenvalue weighted by Crippen LogP contribution is 2.38. The number of nitrogens with one attached hydrogen (secondary N) is 1. The Bertz CT molecular complexity index is 591. The SMILES string of the molecule is C=CCNC(=O)c1sc(N2CCCC(O)C2)c(C#N)c1N. The molecular weight excluding hydrogens is 288 g/mol. The molecule has 4 N–H and O–H groups in total. The minimum absolute atomic E-state index is 0.208. The third kappa shape index (κ3) is 3.17. The number of thiophene rings is 1. The van der Waals surface area contributed by atoms with Crippen molar-refractivity contribution < 1.29 is 9.90 Å². The van der Waals surface area contributed by atoms with Gasteiger partial charge in [-0.3, -0.25) is 4.79 Å². The maximum absolute atomic E-state index is 12.0. The molecule has 1 saturated heterocycles. The van der Waals surface area contributed by atoms with Gasteiger partial charge in [-0.15, -0.1) is 17.9 Å². The second-order valence-corrected chi connectivity index (χ2v) is 5.88. The van der Waals surface area contributed by atoms with E-state index in [1.165, 1.54) is 11.3 Å². The van der Waals surface area contributed by atoms with E-state index in [4.69, 9.17) is 5.73 Å². The van der Waals surface area contributed by atoms with Gasteiger partial charge in [0.1, 0.15) is 21.5 Å². The van der Waals surface area contributed by atoms with E-state index in [0.29, 0.717) is 28.5 Å². The Morgan fingerprint density at radius 3 is 3.10 bits per heavy atom. The number of nitrogens with zero attached hydrogens (tertiary/aromatic N) is 2. The molecule has 112 valence electrons. The van der Waals surface area contributed by atoms with Gasteiger partial charge in [-0.1, -0.05) is 6.08 Å². The van der Waals surface area contributed by atoms with Crippen molar-refractivity contribution in [2.24, 2.45) is 0 Å². The van der Waals surface area contributed by atoms with Crippen molar-refractivity contribution in [2.45, 2.75) is 18.9 Å². The molecular formula is C14H18N4O2S. The summed E-state index contributed by atoms with van der Waals surface area (Å²) < 4.78 is 0. The smallest absolute Gasteiger partial charge is 0.263 e. The van der Waals surface area contributed by atoms with E-state index in [2.05, 4.69) is 18.0 Å². The van der Waals surface area contributed by atoms with Crippen LogP contribution in [0.15, 0.2) is 12.7 Å². The zero-order valence-corrected chi connectivity index (χ0v) is 12.4. The summed E-state index contributed by atoms with van der Waals surface area (Å²) in [6.45, 7) is 5.09. The highest BCUT2D eigenvalue weighted by Gasteiger charge is 2.27. The van der Waals surface area contributed by atoms with Gasteiger partial charge in [0, 0.05) is 19.6 Å². The Morgan fingerprint density at radius 1 is 1.71 bits per heavy atom. The van der Waals surface area contributed by atoms with Crippen LogP contribution >= 0.6 is 11.3 Å². The Labute approximate surface area is 127 Å². The Hall–Kier alpha value is -2.04. The van der Waals surface area contributed by atoms with Crippen LogP contribution in [0.25, 0.3) is 0 Å². The van der Waals surface area contributed by atoms with E-state index >= 15 is 0 Å². The Morgan fingerprint density at radius 2 is 2.48 bits per heavy atom. The van der Waals surface area contributed by atoms with E-state index in [0.717, 1.165) is 19.4 Å². The lowest BCUT2D eigenvalue weighted by molar-refractivity contribution is 0.0963. The minimum atomic E-state index is -0.411. The van der Waals surface area contributed by atoms with Crippen molar-refractivity contribution in [3.8, 4) is 6.07 Å². The molecule has 1 aromatic rings. The molecule has 2 rings (SSSR count).